The molecule has 0 saturated carbocycles. The molecule has 2 N–H and O–H groups in total. The van der Waals surface area contributed by atoms with Crippen LogP contribution in [0.1, 0.15) is 18.1 Å². The van der Waals surface area contributed by atoms with E-state index in [2.05, 4.69) is 46.7 Å². The zero-order valence-corrected chi connectivity index (χ0v) is 23.8. The average Bonchev–Trinajstić information content (AvgIpc) is 2.88. The van der Waals surface area contributed by atoms with Gasteiger partial charge in [-0.25, -0.2) is 5.43 Å². The van der Waals surface area contributed by atoms with Gasteiger partial charge in [-0.3, -0.25) is 0 Å². The number of nitrogens with zero attached hydrogens (tertiary/aromatic N) is 5. The van der Waals surface area contributed by atoms with Crippen molar-refractivity contribution in [2.45, 2.75) is 13.8 Å². The highest BCUT2D eigenvalue weighted by molar-refractivity contribution is 9.10. The molecule has 0 unspecified atom stereocenters. The molecular formula is C24H28BrCl2N7O3. The van der Waals surface area contributed by atoms with Crippen molar-refractivity contribution in [2.75, 3.05) is 55.7 Å². The third kappa shape index (κ3) is 7.57. The van der Waals surface area contributed by atoms with Gasteiger partial charge in [0.2, 0.25) is 17.8 Å². The Morgan fingerprint density at radius 1 is 1.14 bits per heavy atom. The summed E-state index contributed by atoms with van der Waals surface area (Å²) in [7, 11) is 1.60. The Morgan fingerprint density at radius 2 is 1.89 bits per heavy atom. The SMILES string of the molecule is CCOc1ccc(/C=N\Nc2nc(Nc3cc(Cl)c(C)cc3Br)nc(N3CCOCC3)n2)cc1OC.Cl. The van der Waals surface area contributed by atoms with E-state index in [0.717, 1.165) is 21.3 Å². The van der Waals surface area contributed by atoms with Crippen LogP contribution in [0.2, 0.25) is 5.02 Å². The van der Waals surface area contributed by atoms with Crippen LogP contribution in [0.3, 0.4) is 0 Å². The van der Waals surface area contributed by atoms with Crippen LogP contribution in [0.25, 0.3) is 0 Å². The van der Waals surface area contributed by atoms with E-state index in [1.54, 1.807) is 13.3 Å². The first-order valence-electron chi connectivity index (χ1n) is 11.4. The Bertz CT molecular complexity index is 1240. The second kappa shape index (κ2) is 13.6. The largest absolute Gasteiger partial charge is 0.493 e. The first-order chi connectivity index (χ1) is 17.5. The van der Waals surface area contributed by atoms with Gasteiger partial charge < -0.3 is 24.4 Å². The molecule has 10 nitrogen and oxygen atoms in total. The molecule has 0 spiro atoms. The highest BCUT2D eigenvalue weighted by Crippen LogP contribution is 2.31. The van der Waals surface area contributed by atoms with E-state index in [-0.39, 0.29) is 18.4 Å². The molecule has 1 aliphatic rings. The van der Waals surface area contributed by atoms with Gasteiger partial charge in [-0.1, -0.05) is 11.6 Å². The number of benzene rings is 2. The molecule has 1 aliphatic heterocycles. The van der Waals surface area contributed by atoms with Crippen molar-refractivity contribution in [3.05, 3.63) is 51.0 Å². The Balaban J connectivity index is 0.00000380. The van der Waals surface area contributed by atoms with E-state index < -0.39 is 0 Å². The van der Waals surface area contributed by atoms with Crippen LogP contribution < -0.4 is 25.1 Å². The van der Waals surface area contributed by atoms with Gasteiger partial charge in [-0.2, -0.15) is 20.1 Å². The number of halogens is 3. The van der Waals surface area contributed by atoms with Crippen molar-refractivity contribution in [1.82, 2.24) is 15.0 Å². The lowest BCUT2D eigenvalue weighted by molar-refractivity contribution is 0.122. The van der Waals surface area contributed by atoms with Gasteiger partial charge in [0.1, 0.15) is 0 Å². The molecular weight excluding hydrogens is 585 g/mol. The van der Waals surface area contributed by atoms with Crippen LogP contribution in [0.4, 0.5) is 23.5 Å². The van der Waals surface area contributed by atoms with Gasteiger partial charge in [0.15, 0.2) is 11.5 Å². The monoisotopic (exact) mass is 611 g/mol. The lowest BCUT2D eigenvalue weighted by Crippen LogP contribution is -2.37. The molecule has 2 aromatic carbocycles. The van der Waals surface area contributed by atoms with Crippen molar-refractivity contribution in [3.8, 4) is 11.5 Å². The lowest BCUT2D eigenvalue weighted by Gasteiger charge is -2.27. The minimum atomic E-state index is 0. The van der Waals surface area contributed by atoms with E-state index in [1.807, 2.05) is 49.1 Å². The minimum absolute atomic E-state index is 0. The zero-order chi connectivity index (χ0) is 25.5. The molecule has 1 aromatic heterocycles. The topological polar surface area (TPSA) is 106 Å². The van der Waals surface area contributed by atoms with E-state index in [9.17, 15) is 0 Å². The maximum Gasteiger partial charge on any atom is 0.250 e. The maximum absolute atomic E-state index is 6.33. The summed E-state index contributed by atoms with van der Waals surface area (Å²) in [6.07, 6.45) is 1.65. The predicted octanol–water partition coefficient (Wildman–Crippen LogP) is 5.45. The van der Waals surface area contributed by atoms with Crippen LogP contribution in [-0.4, -0.2) is 61.2 Å². The lowest BCUT2D eigenvalue weighted by atomic mass is 10.2. The van der Waals surface area contributed by atoms with Crippen molar-refractivity contribution in [3.63, 3.8) is 0 Å². The second-order valence-electron chi connectivity index (χ2n) is 7.80. The summed E-state index contributed by atoms with van der Waals surface area (Å²) in [6, 6.07) is 9.33. The number of nitrogens with one attached hydrogen (secondary N) is 2. The molecule has 1 saturated heterocycles. The number of ether oxygens (including phenoxy) is 3. The third-order valence-electron chi connectivity index (χ3n) is 5.28. The zero-order valence-electron chi connectivity index (χ0n) is 20.6. The summed E-state index contributed by atoms with van der Waals surface area (Å²) in [6.45, 7) is 6.99. The van der Waals surface area contributed by atoms with Gasteiger partial charge in [0.05, 0.1) is 38.8 Å². The highest BCUT2D eigenvalue weighted by atomic mass is 79.9. The molecule has 13 heteroatoms. The normalized spacial score (nSPS) is 13.3. The molecule has 2 heterocycles. The molecule has 4 rings (SSSR count). The van der Waals surface area contributed by atoms with E-state index in [4.69, 9.17) is 25.8 Å². The molecule has 0 radical (unpaired) electrons. The Labute approximate surface area is 235 Å². The van der Waals surface area contributed by atoms with Crippen molar-refractivity contribution >= 4 is 69.7 Å². The molecule has 0 aliphatic carbocycles. The number of hydrazone groups is 1. The first kappa shape index (κ1) is 28.7. The summed E-state index contributed by atoms with van der Waals surface area (Å²) in [5.74, 6) is 2.47. The van der Waals surface area contributed by atoms with Crippen molar-refractivity contribution < 1.29 is 14.2 Å². The smallest absolute Gasteiger partial charge is 0.250 e. The molecule has 0 bridgehead atoms. The van der Waals surface area contributed by atoms with Crippen molar-refractivity contribution in [2.24, 2.45) is 5.10 Å². The molecule has 198 valence electrons. The van der Waals surface area contributed by atoms with Crippen LogP contribution in [0.5, 0.6) is 11.5 Å². The molecule has 3 aromatic rings. The second-order valence-corrected chi connectivity index (χ2v) is 9.06. The fourth-order valence-electron chi connectivity index (χ4n) is 3.44. The summed E-state index contributed by atoms with van der Waals surface area (Å²) in [4.78, 5) is 15.7. The summed E-state index contributed by atoms with van der Waals surface area (Å²) >= 11 is 9.90. The minimum Gasteiger partial charge on any atom is -0.493 e. The van der Waals surface area contributed by atoms with E-state index in [0.29, 0.717) is 61.3 Å². The number of anilines is 4. The molecule has 37 heavy (non-hydrogen) atoms. The standard InChI is InChI=1S/C24H27BrClN7O3.ClH/c1-4-36-20-6-5-16(12-21(20)34-3)14-27-32-23-29-22(28-19-13-18(26)15(2)11-17(19)25)30-24(31-23)33-7-9-35-10-8-33;/h5-6,11-14H,4,7-10H2,1-3H3,(H2,28,29,30,31,32);1H/b27-14-;. The van der Waals surface area contributed by atoms with Crippen molar-refractivity contribution in [1.29, 1.82) is 0 Å². The Kier molecular flexibility index (Phi) is 10.6. The van der Waals surface area contributed by atoms with Gasteiger partial charge in [0, 0.05) is 22.6 Å². The van der Waals surface area contributed by atoms with E-state index >= 15 is 0 Å². The number of hydrogen-bond acceptors (Lipinski definition) is 10. The maximum atomic E-state index is 6.33. The van der Waals surface area contributed by atoms with Gasteiger partial charge >= 0.3 is 0 Å². The van der Waals surface area contributed by atoms with Gasteiger partial charge in [0.25, 0.3) is 0 Å². The van der Waals surface area contributed by atoms with Crippen LogP contribution >= 0.6 is 39.9 Å². The fourth-order valence-corrected chi connectivity index (χ4v) is 4.16. The fraction of sp³-hybridized carbons (Fsp3) is 0.333. The summed E-state index contributed by atoms with van der Waals surface area (Å²) in [5.41, 5.74) is 5.43. The Hall–Kier alpha value is -2.86. The van der Waals surface area contributed by atoms with E-state index in [1.165, 1.54) is 0 Å². The molecule has 1 fully saturated rings. The number of aromatic nitrogens is 3. The van der Waals surface area contributed by atoms with Crippen LogP contribution in [0, 0.1) is 6.92 Å². The Morgan fingerprint density at radius 3 is 2.62 bits per heavy atom. The number of hydrogen-bond donors (Lipinski definition) is 2. The van der Waals surface area contributed by atoms with Crippen LogP contribution in [-0.2, 0) is 4.74 Å². The number of methoxy groups -OCH3 is 1. The van der Waals surface area contributed by atoms with Gasteiger partial charge in [-0.15, -0.1) is 12.4 Å². The quantitative estimate of drug-likeness (QED) is 0.241. The summed E-state index contributed by atoms with van der Waals surface area (Å²) in [5, 5.41) is 8.18. The average molecular weight is 613 g/mol. The number of morpholine rings is 1. The molecule has 0 amide bonds. The highest BCUT2D eigenvalue weighted by Gasteiger charge is 2.17. The van der Waals surface area contributed by atoms with Crippen LogP contribution in [0.15, 0.2) is 39.9 Å². The number of aryl methyl sites for hydroxylation is 1. The summed E-state index contributed by atoms with van der Waals surface area (Å²) < 4.78 is 17.3. The third-order valence-corrected chi connectivity index (χ3v) is 6.34. The molecule has 0 atom stereocenters. The first-order valence-corrected chi connectivity index (χ1v) is 12.5. The number of rotatable bonds is 9. The van der Waals surface area contributed by atoms with Gasteiger partial charge in [-0.05, 0) is 71.2 Å². The predicted molar refractivity (Wildman–Crippen MR) is 153 cm³/mol.